The molecule has 0 bridgehead atoms. The molecule has 1 aromatic rings. The summed E-state index contributed by atoms with van der Waals surface area (Å²) in [6.07, 6.45) is 2.45. The van der Waals surface area contributed by atoms with Crippen LogP contribution in [0.2, 0.25) is 0 Å². The number of nitrogens with one attached hydrogen (secondary N) is 1. The number of aliphatic hydroxyl groups is 1. The molecule has 1 aliphatic heterocycles. The third-order valence-electron chi connectivity index (χ3n) is 3.72. The third kappa shape index (κ3) is 3.50. The summed E-state index contributed by atoms with van der Waals surface area (Å²) < 4.78 is 28.9. The van der Waals surface area contributed by atoms with Gasteiger partial charge in [-0.3, -0.25) is 4.72 Å². The Morgan fingerprint density at radius 1 is 1.40 bits per heavy atom. The SMILES string of the molecule is CCc1ccccc1NS(=O)(=O)N1CCCC(CO)C1. The lowest BCUT2D eigenvalue weighted by Gasteiger charge is -2.31. The van der Waals surface area contributed by atoms with Gasteiger partial charge in [-0.05, 0) is 36.8 Å². The Bertz CT molecular complexity index is 545. The van der Waals surface area contributed by atoms with Crippen LogP contribution in [-0.2, 0) is 16.6 Å². The Labute approximate surface area is 120 Å². The van der Waals surface area contributed by atoms with Crippen LogP contribution in [0.5, 0.6) is 0 Å². The van der Waals surface area contributed by atoms with E-state index in [1.807, 2.05) is 25.1 Å². The Kier molecular flexibility index (Phi) is 5.01. The highest BCUT2D eigenvalue weighted by Crippen LogP contribution is 2.22. The summed E-state index contributed by atoms with van der Waals surface area (Å²) >= 11 is 0. The van der Waals surface area contributed by atoms with Gasteiger partial charge in [0.1, 0.15) is 0 Å². The minimum Gasteiger partial charge on any atom is -0.396 e. The van der Waals surface area contributed by atoms with Gasteiger partial charge in [0.05, 0.1) is 5.69 Å². The fraction of sp³-hybridized carbons (Fsp3) is 0.571. The molecule has 0 saturated carbocycles. The number of aliphatic hydroxyl groups excluding tert-OH is 1. The van der Waals surface area contributed by atoms with E-state index in [2.05, 4.69) is 4.72 Å². The zero-order chi connectivity index (χ0) is 14.6. The van der Waals surface area contributed by atoms with E-state index in [1.165, 1.54) is 4.31 Å². The van der Waals surface area contributed by atoms with Gasteiger partial charge in [0.25, 0.3) is 0 Å². The molecule has 0 aliphatic carbocycles. The number of para-hydroxylation sites is 1. The lowest BCUT2D eigenvalue weighted by Crippen LogP contribution is -2.43. The van der Waals surface area contributed by atoms with Crippen LogP contribution in [0.15, 0.2) is 24.3 Å². The lowest BCUT2D eigenvalue weighted by molar-refractivity contribution is 0.166. The highest BCUT2D eigenvalue weighted by Gasteiger charge is 2.28. The predicted molar refractivity (Wildman–Crippen MR) is 79.7 cm³/mol. The van der Waals surface area contributed by atoms with Gasteiger partial charge in [-0.2, -0.15) is 12.7 Å². The van der Waals surface area contributed by atoms with Crippen LogP contribution in [0.25, 0.3) is 0 Å². The van der Waals surface area contributed by atoms with Crippen molar-refractivity contribution in [2.24, 2.45) is 5.92 Å². The average molecular weight is 298 g/mol. The predicted octanol–water partition coefficient (Wildman–Crippen LogP) is 1.61. The number of anilines is 1. The zero-order valence-corrected chi connectivity index (χ0v) is 12.6. The molecule has 1 fully saturated rings. The van der Waals surface area contributed by atoms with E-state index in [0.717, 1.165) is 24.8 Å². The van der Waals surface area contributed by atoms with Crippen LogP contribution in [0.4, 0.5) is 5.69 Å². The first-order valence-corrected chi connectivity index (χ1v) is 8.47. The van der Waals surface area contributed by atoms with Gasteiger partial charge >= 0.3 is 10.2 Å². The molecule has 0 aromatic heterocycles. The molecule has 1 heterocycles. The number of rotatable bonds is 5. The second-order valence-electron chi connectivity index (χ2n) is 5.17. The van der Waals surface area contributed by atoms with Crippen molar-refractivity contribution in [1.29, 1.82) is 0 Å². The summed E-state index contributed by atoms with van der Waals surface area (Å²) in [6.45, 7) is 2.94. The normalized spacial score (nSPS) is 20.8. The summed E-state index contributed by atoms with van der Waals surface area (Å²) in [7, 11) is -3.54. The van der Waals surface area contributed by atoms with E-state index in [-0.39, 0.29) is 12.5 Å². The van der Waals surface area contributed by atoms with Gasteiger partial charge < -0.3 is 5.11 Å². The molecule has 1 saturated heterocycles. The third-order valence-corrected chi connectivity index (χ3v) is 5.21. The maximum Gasteiger partial charge on any atom is 0.301 e. The molecule has 0 radical (unpaired) electrons. The minimum absolute atomic E-state index is 0.0393. The van der Waals surface area contributed by atoms with Gasteiger partial charge in [-0.1, -0.05) is 25.1 Å². The smallest absolute Gasteiger partial charge is 0.301 e. The second-order valence-corrected chi connectivity index (χ2v) is 6.84. The number of hydrogen-bond acceptors (Lipinski definition) is 3. The van der Waals surface area contributed by atoms with Crippen molar-refractivity contribution in [3.63, 3.8) is 0 Å². The molecule has 1 atom stereocenters. The topological polar surface area (TPSA) is 69.6 Å². The van der Waals surface area contributed by atoms with Crippen molar-refractivity contribution >= 4 is 15.9 Å². The molecule has 0 spiro atoms. The van der Waals surface area contributed by atoms with Gasteiger partial charge in [0, 0.05) is 19.7 Å². The zero-order valence-electron chi connectivity index (χ0n) is 11.7. The number of aryl methyl sites for hydroxylation is 1. The number of nitrogens with zero attached hydrogens (tertiary/aromatic N) is 1. The first kappa shape index (κ1) is 15.3. The van der Waals surface area contributed by atoms with E-state index in [0.29, 0.717) is 18.8 Å². The Balaban J connectivity index is 2.14. The van der Waals surface area contributed by atoms with E-state index in [4.69, 9.17) is 0 Å². The van der Waals surface area contributed by atoms with Crippen molar-refractivity contribution in [3.8, 4) is 0 Å². The molecule has 6 heteroatoms. The molecule has 1 aliphatic rings. The fourth-order valence-corrected chi connectivity index (χ4v) is 3.91. The van der Waals surface area contributed by atoms with Crippen molar-refractivity contribution in [1.82, 2.24) is 4.31 Å². The quantitative estimate of drug-likeness (QED) is 0.867. The molecule has 20 heavy (non-hydrogen) atoms. The highest BCUT2D eigenvalue weighted by atomic mass is 32.2. The Hall–Kier alpha value is -1.11. The van der Waals surface area contributed by atoms with Crippen LogP contribution >= 0.6 is 0 Å². The summed E-state index contributed by atoms with van der Waals surface area (Å²) in [4.78, 5) is 0. The van der Waals surface area contributed by atoms with Gasteiger partial charge in [0.15, 0.2) is 0 Å². The van der Waals surface area contributed by atoms with Gasteiger partial charge in [-0.25, -0.2) is 0 Å². The lowest BCUT2D eigenvalue weighted by atomic mass is 10.0. The number of piperidine rings is 1. The fourth-order valence-electron chi connectivity index (χ4n) is 2.53. The van der Waals surface area contributed by atoms with Gasteiger partial charge in [0.2, 0.25) is 0 Å². The van der Waals surface area contributed by atoms with E-state index in [9.17, 15) is 13.5 Å². The molecule has 5 nitrogen and oxygen atoms in total. The summed E-state index contributed by atoms with van der Waals surface area (Å²) in [5.41, 5.74) is 1.62. The van der Waals surface area contributed by atoms with Crippen LogP contribution in [0, 0.1) is 5.92 Å². The number of benzene rings is 1. The maximum absolute atomic E-state index is 12.4. The minimum atomic E-state index is -3.54. The molecule has 2 N–H and O–H groups in total. The molecule has 0 amide bonds. The van der Waals surface area contributed by atoms with E-state index >= 15 is 0 Å². The molecular formula is C14H22N2O3S. The standard InChI is InChI=1S/C14H22N2O3S/c1-2-13-7-3-4-8-14(13)15-20(18,19)16-9-5-6-12(10-16)11-17/h3-4,7-8,12,15,17H,2,5-6,9-11H2,1H3. The van der Waals surface area contributed by atoms with E-state index < -0.39 is 10.2 Å². The molecule has 112 valence electrons. The van der Waals surface area contributed by atoms with E-state index in [1.54, 1.807) is 6.07 Å². The van der Waals surface area contributed by atoms with Crippen LogP contribution in [0.3, 0.4) is 0 Å². The van der Waals surface area contributed by atoms with Crippen molar-refractivity contribution in [2.75, 3.05) is 24.4 Å². The average Bonchev–Trinajstić information content (AvgIpc) is 2.47. The molecule has 1 unspecified atom stereocenters. The summed E-state index contributed by atoms with van der Waals surface area (Å²) in [5.74, 6) is 0.0433. The summed E-state index contributed by atoms with van der Waals surface area (Å²) in [6, 6.07) is 7.43. The first-order chi connectivity index (χ1) is 9.56. The molecule has 1 aromatic carbocycles. The van der Waals surface area contributed by atoms with Gasteiger partial charge in [-0.15, -0.1) is 0 Å². The van der Waals surface area contributed by atoms with Crippen LogP contribution in [-0.4, -0.2) is 37.5 Å². The summed E-state index contributed by atoms with van der Waals surface area (Å²) in [5, 5.41) is 9.20. The van der Waals surface area contributed by atoms with Crippen LogP contribution in [0.1, 0.15) is 25.3 Å². The van der Waals surface area contributed by atoms with Crippen molar-refractivity contribution in [2.45, 2.75) is 26.2 Å². The highest BCUT2D eigenvalue weighted by molar-refractivity contribution is 7.90. The van der Waals surface area contributed by atoms with Crippen LogP contribution < -0.4 is 4.72 Å². The second kappa shape index (κ2) is 6.56. The van der Waals surface area contributed by atoms with Crippen molar-refractivity contribution < 1.29 is 13.5 Å². The van der Waals surface area contributed by atoms with Crippen molar-refractivity contribution in [3.05, 3.63) is 29.8 Å². The number of hydrogen-bond donors (Lipinski definition) is 2. The first-order valence-electron chi connectivity index (χ1n) is 7.03. The molecular weight excluding hydrogens is 276 g/mol. The maximum atomic E-state index is 12.4. The monoisotopic (exact) mass is 298 g/mol. The Morgan fingerprint density at radius 2 is 2.15 bits per heavy atom. The largest absolute Gasteiger partial charge is 0.396 e. The molecule has 2 rings (SSSR count). The Morgan fingerprint density at radius 3 is 2.85 bits per heavy atom.